The minimum atomic E-state index is -0.239. The molecule has 7 heteroatoms. The highest BCUT2D eigenvalue weighted by atomic mass is 16.1. The minimum absolute atomic E-state index is 0.179. The number of nitrogens with one attached hydrogen (secondary N) is 1. The monoisotopic (exact) mass is 288 g/mol. The predicted octanol–water partition coefficient (Wildman–Crippen LogP) is 1.70. The summed E-state index contributed by atoms with van der Waals surface area (Å²) in [6.07, 6.45) is 3.10. The average Bonchev–Trinajstić information content (AvgIpc) is 2.95. The van der Waals surface area contributed by atoms with Gasteiger partial charge in [0.1, 0.15) is 23.7 Å². The molecule has 1 atom stereocenters. The molecule has 0 aliphatic heterocycles. The summed E-state index contributed by atoms with van der Waals surface area (Å²) in [5.41, 5.74) is 0.364. The van der Waals surface area contributed by atoms with Crippen LogP contribution in [0.4, 0.5) is 0 Å². The van der Waals surface area contributed by atoms with E-state index in [1.54, 1.807) is 16.9 Å². The van der Waals surface area contributed by atoms with E-state index in [9.17, 15) is 4.79 Å². The van der Waals surface area contributed by atoms with Crippen molar-refractivity contribution in [2.24, 2.45) is 0 Å². The second-order valence-electron chi connectivity index (χ2n) is 5.08. The van der Waals surface area contributed by atoms with Crippen molar-refractivity contribution in [2.45, 2.75) is 46.2 Å². The fourth-order valence-electron chi connectivity index (χ4n) is 1.97. The lowest BCUT2D eigenvalue weighted by Crippen LogP contribution is -2.29. The third-order valence-electron chi connectivity index (χ3n) is 3.10. The molecule has 2 aromatic rings. The molecule has 1 amide bonds. The van der Waals surface area contributed by atoms with Crippen LogP contribution in [-0.4, -0.2) is 30.6 Å². The Morgan fingerprint density at radius 3 is 2.76 bits per heavy atom. The van der Waals surface area contributed by atoms with E-state index < -0.39 is 0 Å². The molecule has 7 nitrogen and oxygen atoms in total. The third-order valence-corrected chi connectivity index (χ3v) is 3.10. The van der Waals surface area contributed by atoms with Crippen LogP contribution in [0.15, 0.2) is 18.6 Å². The van der Waals surface area contributed by atoms with Crippen molar-refractivity contribution < 1.29 is 4.79 Å². The van der Waals surface area contributed by atoms with E-state index in [2.05, 4.69) is 25.4 Å². The molecule has 2 aromatic heterocycles. The minimum Gasteiger partial charge on any atom is -0.341 e. The molecule has 21 heavy (non-hydrogen) atoms. The zero-order chi connectivity index (χ0) is 15.4. The highest BCUT2D eigenvalue weighted by molar-refractivity contribution is 5.92. The van der Waals surface area contributed by atoms with Gasteiger partial charge in [0.25, 0.3) is 5.91 Å². The standard InChI is InChI=1S/C14H20N6O/c1-5-20-13(16-8-17-20)10(4)18-14(21)11-6-7-15-12(19-11)9(2)3/h6-10H,5H2,1-4H3,(H,18,21)/t10-/m1/s1. The van der Waals surface area contributed by atoms with Crippen molar-refractivity contribution in [3.05, 3.63) is 35.9 Å². The van der Waals surface area contributed by atoms with Gasteiger partial charge in [0.05, 0.1) is 6.04 Å². The molecule has 0 bridgehead atoms. The van der Waals surface area contributed by atoms with E-state index >= 15 is 0 Å². The molecule has 0 saturated carbocycles. The normalized spacial score (nSPS) is 12.4. The van der Waals surface area contributed by atoms with Crippen LogP contribution >= 0.6 is 0 Å². The Morgan fingerprint density at radius 1 is 1.33 bits per heavy atom. The molecule has 1 N–H and O–H groups in total. The Balaban J connectivity index is 2.12. The Labute approximate surface area is 123 Å². The Morgan fingerprint density at radius 2 is 2.10 bits per heavy atom. The number of hydrogen-bond acceptors (Lipinski definition) is 5. The predicted molar refractivity (Wildman–Crippen MR) is 77.7 cm³/mol. The van der Waals surface area contributed by atoms with Gasteiger partial charge in [0.2, 0.25) is 0 Å². The number of amides is 1. The van der Waals surface area contributed by atoms with E-state index in [0.717, 1.165) is 5.82 Å². The molecule has 0 aliphatic rings. The first kappa shape index (κ1) is 15.1. The highest BCUT2D eigenvalue weighted by Gasteiger charge is 2.17. The maximum absolute atomic E-state index is 12.3. The molecule has 0 saturated heterocycles. The van der Waals surface area contributed by atoms with Gasteiger partial charge in [-0.3, -0.25) is 4.79 Å². The molecule has 0 aliphatic carbocycles. The third kappa shape index (κ3) is 3.42. The molecule has 2 rings (SSSR count). The average molecular weight is 288 g/mol. The number of aromatic nitrogens is 5. The molecule has 112 valence electrons. The number of carbonyl (C=O) groups excluding carboxylic acids is 1. The summed E-state index contributed by atoms with van der Waals surface area (Å²) in [6, 6.07) is 1.37. The van der Waals surface area contributed by atoms with Gasteiger partial charge in [0.15, 0.2) is 0 Å². The molecular weight excluding hydrogens is 268 g/mol. The quantitative estimate of drug-likeness (QED) is 0.905. The second-order valence-corrected chi connectivity index (χ2v) is 5.08. The summed E-state index contributed by atoms with van der Waals surface area (Å²) < 4.78 is 1.75. The van der Waals surface area contributed by atoms with Gasteiger partial charge < -0.3 is 5.32 Å². The van der Waals surface area contributed by atoms with Crippen molar-refractivity contribution in [3.8, 4) is 0 Å². The molecule has 2 heterocycles. The van der Waals surface area contributed by atoms with Crippen LogP contribution in [0, 0.1) is 0 Å². The Hall–Kier alpha value is -2.31. The number of hydrogen-bond donors (Lipinski definition) is 1. The lowest BCUT2D eigenvalue weighted by Gasteiger charge is -2.14. The molecular formula is C14H20N6O. The van der Waals surface area contributed by atoms with Crippen molar-refractivity contribution >= 4 is 5.91 Å². The topological polar surface area (TPSA) is 85.6 Å². The lowest BCUT2D eigenvalue weighted by molar-refractivity contribution is 0.0932. The van der Waals surface area contributed by atoms with Gasteiger partial charge in [-0.1, -0.05) is 13.8 Å². The fraction of sp³-hybridized carbons (Fsp3) is 0.500. The number of carbonyl (C=O) groups is 1. The van der Waals surface area contributed by atoms with Crippen molar-refractivity contribution in [2.75, 3.05) is 0 Å². The smallest absolute Gasteiger partial charge is 0.270 e. The fourth-order valence-corrected chi connectivity index (χ4v) is 1.97. The molecule has 0 radical (unpaired) electrons. The van der Waals surface area contributed by atoms with Gasteiger partial charge >= 0.3 is 0 Å². The van der Waals surface area contributed by atoms with Crippen LogP contribution in [0.25, 0.3) is 0 Å². The summed E-state index contributed by atoms with van der Waals surface area (Å²) in [5.74, 6) is 1.33. The van der Waals surface area contributed by atoms with Crippen LogP contribution < -0.4 is 5.32 Å². The maximum Gasteiger partial charge on any atom is 0.270 e. The lowest BCUT2D eigenvalue weighted by atomic mass is 10.2. The first-order chi connectivity index (χ1) is 10.0. The zero-order valence-electron chi connectivity index (χ0n) is 12.7. The summed E-state index contributed by atoms with van der Waals surface area (Å²) in [5, 5.41) is 6.99. The van der Waals surface area contributed by atoms with Gasteiger partial charge in [-0.2, -0.15) is 5.10 Å². The Bertz CT molecular complexity index is 621. The van der Waals surface area contributed by atoms with Gasteiger partial charge in [0, 0.05) is 18.7 Å². The van der Waals surface area contributed by atoms with Crippen molar-refractivity contribution in [1.29, 1.82) is 0 Å². The summed E-state index contributed by atoms with van der Waals surface area (Å²) >= 11 is 0. The van der Waals surface area contributed by atoms with Crippen molar-refractivity contribution in [3.63, 3.8) is 0 Å². The number of nitrogens with zero attached hydrogens (tertiary/aromatic N) is 5. The van der Waals surface area contributed by atoms with Crippen LogP contribution in [0.2, 0.25) is 0 Å². The van der Waals surface area contributed by atoms with Crippen LogP contribution in [-0.2, 0) is 6.54 Å². The SMILES string of the molecule is CCn1ncnc1[C@@H](C)NC(=O)c1ccnc(C(C)C)n1. The summed E-state index contributed by atoms with van der Waals surface area (Å²) in [4.78, 5) is 24.9. The first-order valence-electron chi connectivity index (χ1n) is 7.04. The van der Waals surface area contributed by atoms with Gasteiger partial charge in [-0.15, -0.1) is 0 Å². The van der Waals surface area contributed by atoms with Crippen LogP contribution in [0.3, 0.4) is 0 Å². The van der Waals surface area contributed by atoms with Gasteiger partial charge in [-0.25, -0.2) is 19.6 Å². The zero-order valence-corrected chi connectivity index (χ0v) is 12.7. The van der Waals surface area contributed by atoms with E-state index in [-0.39, 0.29) is 17.9 Å². The molecule has 0 fully saturated rings. The number of aryl methyl sites for hydroxylation is 1. The Kier molecular flexibility index (Phi) is 4.62. The van der Waals surface area contributed by atoms with Crippen LogP contribution in [0.1, 0.15) is 61.8 Å². The molecule has 0 unspecified atom stereocenters. The molecule has 0 spiro atoms. The number of rotatable bonds is 5. The maximum atomic E-state index is 12.3. The summed E-state index contributed by atoms with van der Waals surface area (Å²) in [6.45, 7) is 8.54. The second kappa shape index (κ2) is 6.43. The van der Waals surface area contributed by atoms with Crippen LogP contribution in [0.5, 0.6) is 0 Å². The van der Waals surface area contributed by atoms with E-state index in [0.29, 0.717) is 18.1 Å². The van der Waals surface area contributed by atoms with E-state index in [1.165, 1.54) is 6.33 Å². The molecule has 0 aromatic carbocycles. The largest absolute Gasteiger partial charge is 0.341 e. The first-order valence-corrected chi connectivity index (χ1v) is 7.04. The van der Waals surface area contributed by atoms with E-state index in [4.69, 9.17) is 0 Å². The van der Waals surface area contributed by atoms with Gasteiger partial charge in [-0.05, 0) is 19.9 Å². The summed E-state index contributed by atoms with van der Waals surface area (Å²) in [7, 11) is 0. The highest BCUT2D eigenvalue weighted by Crippen LogP contribution is 2.11. The van der Waals surface area contributed by atoms with E-state index in [1.807, 2.05) is 27.7 Å². The van der Waals surface area contributed by atoms with Crippen molar-refractivity contribution in [1.82, 2.24) is 30.0 Å².